The summed E-state index contributed by atoms with van der Waals surface area (Å²) in [6, 6.07) is 0. The first-order valence-corrected chi connectivity index (χ1v) is 11.9. The Balaban J connectivity index is -0.0000000704. The summed E-state index contributed by atoms with van der Waals surface area (Å²) in [6.45, 7) is 1.51. The fourth-order valence-corrected chi connectivity index (χ4v) is 2.13. The fraction of sp³-hybridized carbons (Fsp3) is 1.00. The predicted molar refractivity (Wildman–Crippen MR) is 107 cm³/mol. The van der Waals surface area contributed by atoms with Crippen LogP contribution in [0.4, 0.5) is 0 Å². The zero-order valence-corrected chi connectivity index (χ0v) is 29.8. The summed E-state index contributed by atoms with van der Waals surface area (Å²) in [7, 11) is -9.87. The van der Waals surface area contributed by atoms with Gasteiger partial charge in [0.25, 0.3) is 0 Å². The van der Waals surface area contributed by atoms with Crippen molar-refractivity contribution in [1.82, 2.24) is 0 Å². The molecule has 0 saturated heterocycles. The summed E-state index contributed by atoms with van der Waals surface area (Å²) < 4.78 is 43.0. The minimum Gasteiger partial charge on any atom is -0.822 e. The number of hydrogen-bond acceptors (Lipinski definition) is 11. The third kappa shape index (κ3) is 76.5. The average molecular weight is 579 g/mol. The molecular weight excluding hydrogens is 545 g/mol. The summed E-state index contributed by atoms with van der Waals surface area (Å²) >= 11 is 0. The first-order chi connectivity index (χ1) is 12.9. The van der Waals surface area contributed by atoms with E-state index in [4.69, 9.17) is 34.6 Å². The van der Waals surface area contributed by atoms with Crippen molar-refractivity contribution < 1.29 is 111 Å². The fourth-order valence-electron chi connectivity index (χ4n) is 1.81. The topological polar surface area (TPSA) is 213 Å². The minimum atomic E-state index is -5.39. The molecule has 0 spiro atoms. The van der Waals surface area contributed by atoms with E-state index >= 15 is 0 Å². The van der Waals surface area contributed by atoms with Gasteiger partial charge in [0.1, 0.15) is 6.10 Å². The van der Waals surface area contributed by atoms with E-state index in [1.807, 2.05) is 0 Å². The van der Waals surface area contributed by atoms with Crippen molar-refractivity contribution in [2.45, 2.75) is 77.2 Å². The van der Waals surface area contributed by atoms with Crippen LogP contribution in [0.3, 0.4) is 0 Å². The van der Waals surface area contributed by atoms with Gasteiger partial charge in [-0.25, -0.2) is 8.42 Å². The quantitative estimate of drug-likeness (QED) is 0.0579. The van der Waals surface area contributed by atoms with Crippen molar-refractivity contribution >= 4 is 93.7 Å². The molecular formula is C15H33Ca2Na2O11PS+2. The zero-order valence-electron chi connectivity index (χ0n) is 19.6. The van der Waals surface area contributed by atoms with Crippen molar-refractivity contribution in [3.05, 3.63) is 0 Å². The van der Waals surface area contributed by atoms with E-state index in [0.717, 1.165) is 12.8 Å². The minimum absolute atomic E-state index is 0. The summed E-state index contributed by atoms with van der Waals surface area (Å²) in [6.07, 6.45) is 10.7. The van der Waals surface area contributed by atoms with Gasteiger partial charge in [-0.1, -0.05) is 64.7 Å². The van der Waals surface area contributed by atoms with Crippen LogP contribution in [0, 0.1) is 0 Å². The van der Waals surface area contributed by atoms with Crippen molar-refractivity contribution in [3.8, 4) is 0 Å². The first kappa shape index (κ1) is 52.8. The number of hydrogen-bond donors (Lipinski definition) is 3. The molecule has 174 valence electrons. The Morgan fingerprint density at radius 3 is 1.31 bits per heavy atom. The van der Waals surface area contributed by atoms with Crippen molar-refractivity contribution in [1.29, 1.82) is 0 Å². The molecule has 0 aromatic carbocycles. The van der Waals surface area contributed by atoms with Gasteiger partial charge in [0.2, 0.25) is 10.4 Å². The van der Waals surface area contributed by atoms with Crippen LogP contribution < -0.4 is 73.8 Å². The third-order valence-corrected chi connectivity index (χ3v) is 3.60. The van der Waals surface area contributed by atoms with Gasteiger partial charge in [-0.2, -0.15) is 7.82 Å². The van der Waals surface area contributed by atoms with E-state index in [1.165, 1.54) is 44.9 Å². The molecule has 0 heterocycles. The maximum absolute atomic E-state index is 10.1. The molecule has 0 atom stereocenters. The van der Waals surface area contributed by atoms with E-state index in [-0.39, 0.29) is 154 Å². The van der Waals surface area contributed by atoms with Crippen LogP contribution in [0.2, 0.25) is 0 Å². The molecule has 0 amide bonds. The summed E-state index contributed by atoms with van der Waals surface area (Å²) in [4.78, 5) is 25.6. The molecule has 0 aromatic heterocycles. The van der Waals surface area contributed by atoms with Crippen LogP contribution in [-0.4, -0.2) is 130 Å². The summed E-state index contributed by atoms with van der Waals surface area (Å²) in [5.74, 6) is 0. The van der Waals surface area contributed by atoms with Crippen molar-refractivity contribution in [3.63, 3.8) is 0 Å². The average Bonchev–Trinajstić information content (AvgIpc) is 2.57. The van der Waals surface area contributed by atoms with E-state index in [0.29, 0.717) is 6.42 Å². The Kier molecular flexibility index (Phi) is 61.9. The monoisotopic (exact) mass is 578 g/mol. The van der Waals surface area contributed by atoms with Crippen molar-refractivity contribution in [2.24, 2.45) is 0 Å². The molecule has 0 bridgehead atoms. The number of phosphoric acid groups is 1. The van der Waals surface area contributed by atoms with Gasteiger partial charge in [-0.15, -0.1) is 0 Å². The molecule has 0 aromatic rings. The molecule has 0 aliphatic carbocycles. The SMILES string of the molecule is CCCCCCCCCCCCOS(=O)(=O)[O-].O=P([O-])([O-])[O-].OCC(O)CO.[Ca+2].[Ca+2].[Na+].[Na+]. The van der Waals surface area contributed by atoms with Gasteiger partial charge in [0.15, 0.2) is 0 Å². The standard InChI is InChI=1S/C12H26O4S.C3H8O3.2Ca.2Na.H3O4P/c1-2-3-4-5-6-7-8-9-10-11-12-16-17(13,14)15;4-1-3(6)2-5;;;;;1-5(2,3)4/h2-12H2,1H3,(H,13,14,15);3-6H,1-2H2;;;;;(H3,1,2,3,4)/q;;2*+2;2*+1;/p-4. The van der Waals surface area contributed by atoms with Crippen LogP contribution in [0.1, 0.15) is 71.1 Å². The second-order valence-corrected chi connectivity index (χ2v) is 7.83. The Labute approximate surface area is 296 Å². The Bertz CT molecular complexity index is 462. The van der Waals surface area contributed by atoms with Gasteiger partial charge in [-0.3, -0.25) is 4.18 Å². The predicted octanol–water partition coefficient (Wildman–Crippen LogP) is -7.86. The molecule has 0 aliphatic heterocycles. The van der Waals surface area contributed by atoms with Crippen LogP contribution in [-0.2, 0) is 19.1 Å². The number of aliphatic hydroxyl groups excluding tert-OH is 3. The van der Waals surface area contributed by atoms with E-state index in [2.05, 4.69) is 11.1 Å². The van der Waals surface area contributed by atoms with Gasteiger partial charge < -0.3 is 39.1 Å². The Morgan fingerprint density at radius 1 is 0.812 bits per heavy atom. The van der Waals surface area contributed by atoms with Gasteiger partial charge >= 0.3 is 135 Å². The maximum Gasteiger partial charge on any atom is 2.00 e. The van der Waals surface area contributed by atoms with Crippen LogP contribution in [0.5, 0.6) is 0 Å². The molecule has 32 heavy (non-hydrogen) atoms. The zero-order chi connectivity index (χ0) is 22.5. The molecule has 3 N–H and O–H groups in total. The normalized spacial score (nSPS) is 10.0. The van der Waals surface area contributed by atoms with Gasteiger partial charge in [-0.05, 0) is 6.42 Å². The molecule has 0 fully saturated rings. The van der Waals surface area contributed by atoms with Crippen molar-refractivity contribution in [2.75, 3.05) is 19.8 Å². The third-order valence-electron chi connectivity index (χ3n) is 3.15. The van der Waals surface area contributed by atoms with E-state index < -0.39 is 24.3 Å². The first-order valence-electron chi connectivity index (χ1n) is 9.10. The molecule has 0 aliphatic rings. The smallest absolute Gasteiger partial charge is 0.822 e. The molecule has 17 heteroatoms. The summed E-state index contributed by atoms with van der Waals surface area (Å²) in [5, 5.41) is 24.0. The molecule has 0 radical (unpaired) electrons. The molecule has 0 unspecified atom stereocenters. The summed E-state index contributed by atoms with van der Waals surface area (Å²) in [5.41, 5.74) is 0. The number of rotatable bonds is 14. The van der Waals surface area contributed by atoms with E-state index in [1.54, 1.807) is 0 Å². The number of unbranched alkanes of at least 4 members (excludes halogenated alkanes) is 9. The second kappa shape index (κ2) is 37.5. The molecule has 0 saturated carbocycles. The van der Waals surface area contributed by atoms with Crippen LogP contribution in [0.15, 0.2) is 0 Å². The van der Waals surface area contributed by atoms with Gasteiger partial charge in [0.05, 0.1) is 19.8 Å². The Hall–Kier alpha value is 4.38. The molecule has 11 nitrogen and oxygen atoms in total. The van der Waals surface area contributed by atoms with Gasteiger partial charge in [0, 0.05) is 0 Å². The number of aliphatic hydroxyl groups is 3. The maximum atomic E-state index is 10.1. The Morgan fingerprint density at radius 2 is 1.09 bits per heavy atom. The van der Waals surface area contributed by atoms with E-state index in [9.17, 15) is 13.0 Å². The van der Waals surface area contributed by atoms with Crippen LogP contribution >= 0.6 is 7.82 Å². The second-order valence-electron chi connectivity index (χ2n) is 5.88. The van der Waals surface area contributed by atoms with Crippen LogP contribution in [0.25, 0.3) is 0 Å². The largest absolute Gasteiger partial charge is 2.00 e. The molecule has 0 rings (SSSR count).